The van der Waals surface area contributed by atoms with E-state index < -0.39 is 0 Å². The van der Waals surface area contributed by atoms with Crippen molar-refractivity contribution < 1.29 is 23.7 Å². The number of hydrogen-bond donors (Lipinski definition) is 1. The van der Waals surface area contributed by atoms with Gasteiger partial charge in [0, 0.05) is 35.8 Å². The van der Waals surface area contributed by atoms with Gasteiger partial charge in [-0.1, -0.05) is 49.3 Å². The van der Waals surface area contributed by atoms with Crippen molar-refractivity contribution in [3.63, 3.8) is 0 Å². The molecule has 3 aromatic rings. The maximum Gasteiger partial charge on any atom is 0.401 e. The van der Waals surface area contributed by atoms with E-state index in [9.17, 15) is 4.79 Å². The Bertz CT molecular complexity index is 1290. The van der Waals surface area contributed by atoms with Gasteiger partial charge in [0.15, 0.2) is 12.3 Å². The average molecular weight is 512 g/mol. The molecule has 2 N–H and O–H groups in total. The van der Waals surface area contributed by atoms with Crippen LogP contribution in [0.3, 0.4) is 0 Å². The molecule has 0 bridgehead atoms. The summed E-state index contributed by atoms with van der Waals surface area (Å²) in [7, 11) is 1.68. The number of nitrogens with zero attached hydrogens (tertiary/aromatic N) is 5. The van der Waals surface area contributed by atoms with Gasteiger partial charge in [0.25, 0.3) is 5.65 Å². The van der Waals surface area contributed by atoms with Gasteiger partial charge in [-0.15, -0.1) is 4.68 Å². The van der Waals surface area contributed by atoms with Crippen molar-refractivity contribution in [2.45, 2.75) is 59.4 Å². The van der Waals surface area contributed by atoms with Crippen LogP contribution in [0.4, 0.5) is 11.6 Å². The maximum absolute atomic E-state index is 13.7. The number of methoxy groups -OCH3 is 1. The molecule has 1 aromatic carbocycles. The molecule has 0 amide bonds. The van der Waals surface area contributed by atoms with Crippen LogP contribution in [-0.2, 0) is 16.7 Å². The van der Waals surface area contributed by atoms with Crippen molar-refractivity contribution in [3.8, 4) is 11.6 Å². The molecule has 1 aliphatic heterocycles. The monoisotopic (exact) mass is 511 g/mol. The average Bonchev–Trinajstić information content (AvgIpc) is 3.17. The summed E-state index contributed by atoms with van der Waals surface area (Å²) in [6.45, 7) is 15.6. The van der Waals surface area contributed by atoms with Crippen molar-refractivity contribution in [2.24, 2.45) is 0 Å². The number of fused-ring (bicyclic) bond motifs is 1. The minimum absolute atomic E-state index is 0.0187. The van der Waals surface area contributed by atoms with Crippen LogP contribution in [0.5, 0.6) is 11.6 Å². The third kappa shape index (κ3) is 5.34. The lowest BCUT2D eigenvalue weighted by Gasteiger charge is -2.33. The number of rotatable bonds is 8. The number of carbonyl (C=O) groups is 1. The Morgan fingerprint density at radius 3 is 2.51 bits per heavy atom. The molecule has 0 radical (unpaired) electrons. The molecule has 4 rings (SSSR count). The first-order valence-electron chi connectivity index (χ1n) is 12.9. The Morgan fingerprint density at radius 1 is 1.22 bits per heavy atom. The van der Waals surface area contributed by atoms with Crippen LogP contribution in [0.2, 0.25) is 0 Å². The number of nitrogens with two attached hydrogens (primary N) is 1. The van der Waals surface area contributed by atoms with Gasteiger partial charge in [0.05, 0.1) is 32.6 Å². The zero-order valence-electron chi connectivity index (χ0n) is 23.0. The Hall–Kier alpha value is -3.40. The molecule has 3 heterocycles. The SMILES string of the molecule is CCOc1cc(C(C)C)c2n[n+](CC(=O)c3cc(N4CCOCC4)c(OC)c(C(C)(C)C)c3)c(N)n2n1. The molecular weight excluding hydrogens is 472 g/mol. The van der Waals surface area contributed by atoms with Crippen LogP contribution in [0.1, 0.15) is 68.9 Å². The quantitative estimate of drug-likeness (QED) is 0.363. The fraction of sp³-hybridized carbons (Fsp3) is 0.556. The molecule has 10 heteroatoms. The fourth-order valence-corrected chi connectivity index (χ4v) is 4.60. The van der Waals surface area contributed by atoms with Gasteiger partial charge >= 0.3 is 5.95 Å². The third-order valence-corrected chi connectivity index (χ3v) is 6.60. The first-order valence-corrected chi connectivity index (χ1v) is 12.9. The van der Waals surface area contributed by atoms with Crippen LogP contribution in [0.25, 0.3) is 5.65 Å². The second-order valence-corrected chi connectivity index (χ2v) is 10.6. The molecule has 10 nitrogen and oxygen atoms in total. The van der Waals surface area contributed by atoms with E-state index in [2.05, 4.69) is 49.7 Å². The second kappa shape index (κ2) is 10.5. The second-order valence-electron chi connectivity index (χ2n) is 10.6. The van der Waals surface area contributed by atoms with Crippen molar-refractivity contribution >= 4 is 23.1 Å². The highest BCUT2D eigenvalue weighted by atomic mass is 16.5. The molecule has 200 valence electrons. The first-order chi connectivity index (χ1) is 17.5. The van der Waals surface area contributed by atoms with Crippen LogP contribution < -0.4 is 24.8 Å². The van der Waals surface area contributed by atoms with E-state index in [4.69, 9.17) is 19.9 Å². The number of nitrogen functional groups attached to an aromatic ring is 1. The highest BCUT2D eigenvalue weighted by Gasteiger charge is 2.29. The van der Waals surface area contributed by atoms with E-state index in [-0.39, 0.29) is 29.6 Å². The summed E-state index contributed by atoms with van der Waals surface area (Å²) >= 11 is 0. The van der Waals surface area contributed by atoms with Crippen LogP contribution in [-0.4, -0.2) is 60.5 Å². The lowest BCUT2D eigenvalue weighted by atomic mass is 9.84. The summed E-state index contributed by atoms with van der Waals surface area (Å²) in [4.78, 5) is 15.9. The molecule has 1 saturated heterocycles. The van der Waals surface area contributed by atoms with E-state index >= 15 is 0 Å². The van der Waals surface area contributed by atoms with E-state index in [1.807, 2.05) is 25.1 Å². The standard InChI is InChI=1S/C27H38N6O4/c1-8-37-23-15-19(17(2)3)25-30-32(26(28)33(25)29-23)16-22(34)18-13-20(27(4,5)6)24(35-7)21(14-18)31-9-11-36-12-10-31/h13-15,17,28H,8-12,16H2,1-7H3/p+1. The number of ketones is 1. The smallest absolute Gasteiger partial charge is 0.401 e. The predicted molar refractivity (Wildman–Crippen MR) is 142 cm³/mol. The Balaban J connectivity index is 1.77. The molecule has 1 aliphatic rings. The Kier molecular flexibility index (Phi) is 7.59. The molecule has 0 spiro atoms. The number of hydrogen-bond acceptors (Lipinski definition) is 8. The number of benzene rings is 1. The van der Waals surface area contributed by atoms with Gasteiger partial charge in [0.2, 0.25) is 5.88 Å². The number of Topliss-reactive ketones (excluding diaryl/α,β-unsaturated/α-hetero) is 1. The number of carbonyl (C=O) groups excluding carboxylic acids is 1. The molecule has 0 atom stereocenters. The van der Waals surface area contributed by atoms with Gasteiger partial charge in [-0.25, -0.2) is 0 Å². The van der Waals surface area contributed by atoms with Gasteiger partial charge < -0.3 is 19.1 Å². The normalized spacial score (nSPS) is 14.4. The molecule has 1 fully saturated rings. The lowest BCUT2D eigenvalue weighted by Crippen LogP contribution is -2.42. The molecule has 0 saturated carbocycles. The highest BCUT2D eigenvalue weighted by Crippen LogP contribution is 2.40. The number of aromatic nitrogens is 4. The van der Waals surface area contributed by atoms with Crippen LogP contribution in [0, 0.1) is 0 Å². The first kappa shape index (κ1) is 26.7. The topological polar surface area (TPSA) is 108 Å². The minimum atomic E-state index is -0.232. The van der Waals surface area contributed by atoms with E-state index in [0.29, 0.717) is 36.9 Å². The van der Waals surface area contributed by atoms with Gasteiger partial charge in [-0.2, -0.15) is 0 Å². The van der Waals surface area contributed by atoms with Gasteiger partial charge in [-0.3, -0.25) is 10.5 Å². The van der Waals surface area contributed by atoms with Crippen LogP contribution in [0.15, 0.2) is 18.2 Å². The van der Waals surface area contributed by atoms with Crippen molar-refractivity contribution in [1.29, 1.82) is 0 Å². The molecular formula is C27H39N6O4+. The summed E-state index contributed by atoms with van der Waals surface area (Å²) in [6.07, 6.45) is 0. The summed E-state index contributed by atoms with van der Waals surface area (Å²) in [5.41, 5.74) is 10.2. The van der Waals surface area contributed by atoms with Gasteiger partial charge in [-0.05, 0) is 30.4 Å². The van der Waals surface area contributed by atoms with E-state index in [1.165, 1.54) is 4.68 Å². The van der Waals surface area contributed by atoms with Crippen molar-refractivity contribution in [1.82, 2.24) is 14.7 Å². The summed E-state index contributed by atoms with van der Waals surface area (Å²) < 4.78 is 20.1. The molecule has 2 aromatic heterocycles. The molecule has 0 aliphatic carbocycles. The minimum Gasteiger partial charge on any atom is -0.494 e. The predicted octanol–water partition coefficient (Wildman–Crippen LogP) is 3.15. The van der Waals surface area contributed by atoms with E-state index in [0.717, 1.165) is 35.7 Å². The van der Waals surface area contributed by atoms with Crippen LogP contribution >= 0.6 is 0 Å². The summed E-state index contributed by atoms with van der Waals surface area (Å²) in [5, 5.41) is 9.17. The number of morpholine rings is 1. The fourth-order valence-electron chi connectivity index (χ4n) is 4.60. The number of ether oxygens (including phenoxy) is 3. The zero-order chi connectivity index (χ0) is 26.9. The van der Waals surface area contributed by atoms with E-state index in [1.54, 1.807) is 11.6 Å². The maximum atomic E-state index is 13.7. The largest absolute Gasteiger partial charge is 0.494 e. The Morgan fingerprint density at radius 2 is 1.92 bits per heavy atom. The molecule has 0 unspecified atom stereocenters. The summed E-state index contributed by atoms with van der Waals surface area (Å²) in [5.74, 6) is 1.60. The molecule has 37 heavy (non-hydrogen) atoms. The lowest BCUT2D eigenvalue weighted by molar-refractivity contribution is -0.723. The van der Waals surface area contributed by atoms with Gasteiger partial charge in [0.1, 0.15) is 5.75 Å². The number of anilines is 2. The Labute approximate surface area is 218 Å². The van der Waals surface area contributed by atoms with Crippen molar-refractivity contribution in [2.75, 3.05) is 50.7 Å². The highest BCUT2D eigenvalue weighted by molar-refractivity contribution is 5.97. The zero-order valence-corrected chi connectivity index (χ0v) is 23.0. The third-order valence-electron chi connectivity index (χ3n) is 6.60. The van der Waals surface area contributed by atoms with Crippen molar-refractivity contribution in [3.05, 3.63) is 34.9 Å². The summed E-state index contributed by atoms with van der Waals surface area (Å²) in [6, 6.07) is 5.73.